The van der Waals surface area contributed by atoms with E-state index in [1.807, 2.05) is 20.8 Å². The molecule has 1 unspecified atom stereocenters. The second-order valence-electron chi connectivity index (χ2n) is 5.37. The number of hydrogen-bond donors (Lipinski definition) is 2. The molecule has 1 aliphatic carbocycles. The van der Waals surface area contributed by atoms with E-state index in [1.165, 1.54) is 0 Å². The van der Waals surface area contributed by atoms with E-state index in [-0.39, 0.29) is 18.2 Å². The van der Waals surface area contributed by atoms with Crippen molar-refractivity contribution in [3.63, 3.8) is 0 Å². The van der Waals surface area contributed by atoms with Crippen LogP contribution < -0.4 is 5.32 Å². The van der Waals surface area contributed by atoms with Gasteiger partial charge in [-0.3, -0.25) is 0 Å². The molecule has 0 aromatic rings. The molecule has 1 aliphatic rings. The van der Waals surface area contributed by atoms with E-state index in [0.717, 1.165) is 25.7 Å². The van der Waals surface area contributed by atoms with Crippen LogP contribution >= 0.6 is 12.6 Å². The fourth-order valence-electron chi connectivity index (χ4n) is 2.02. The Morgan fingerprint density at radius 3 is 2.59 bits per heavy atom. The van der Waals surface area contributed by atoms with E-state index in [1.54, 1.807) is 0 Å². The molecule has 0 saturated heterocycles. The summed E-state index contributed by atoms with van der Waals surface area (Å²) in [7, 11) is 0. The van der Waals surface area contributed by atoms with Gasteiger partial charge in [0.1, 0.15) is 5.60 Å². The third-order valence-electron chi connectivity index (χ3n) is 2.69. The van der Waals surface area contributed by atoms with Crippen LogP contribution in [0.3, 0.4) is 0 Å². The largest absolute Gasteiger partial charge is 0.444 e. The molecule has 0 bridgehead atoms. The Balaban J connectivity index is 2.44. The average Bonchev–Trinajstić information content (AvgIpc) is 2.18. The molecule has 0 heterocycles. The highest BCUT2D eigenvalue weighted by atomic mass is 32.1. The van der Waals surface area contributed by atoms with E-state index in [2.05, 4.69) is 17.9 Å². The van der Waals surface area contributed by atoms with Crippen LogP contribution in [0.1, 0.15) is 46.5 Å². The Hall–Kier alpha value is -0.420. The Labute approximate surface area is 109 Å². The molecule has 0 aliphatic heterocycles. The van der Waals surface area contributed by atoms with Gasteiger partial charge in [-0.15, -0.1) is 0 Å². The number of carbonyl (C=O) groups excluding carboxylic acids is 1. The summed E-state index contributed by atoms with van der Waals surface area (Å²) in [6, 6.07) is 0.0470. The molecule has 17 heavy (non-hydrogen) atoms. The van der Waals surface area contributed by atoms with Crippen LogP contribution in [-0.4, -0.2) is 29.8 Å². The number of carbonyl (C=O) groups is 1. The zero-order valence-electron chi connectivity index (χ0n) is 10.9. The second kappa shape index (κ2) is 6.50. The van der Waals surface area contributed by atoms with Gasteiger partial charge in [0, 0.05) is 0 Å². The fourth-order valence-corrected chi connectivity index (χ4v) is 2.21. The SMILES string of the molecule is CC(C)(C)OC(=O)N[C@@H]1CCCCC1OCS. The summed E-state index contributed by atoms with van der Waals surface area (Å²) in [5.74, 6) is 0.386. The van der Waals surface area contributed by atoms with Crippen LogP contribution in [-0.2, 0) is 9.47 Å². The van der Waals surface area contributed by atoms with Gasteiger partial charge in [-0.2, -0.15) is 12.6 Å². The highest BCUT2D eigenvalue weighted by Gasteiger charge is 2.28. The third kappa shape index (κ3) is 5.64. The lowest BCUT2D eigenvalue weighted by atomic mass is 9.92. The molecule has 0 aromatic heterocycles. The summed E-state index contributed by atoms with van der Waals surface area (Å²) in [6.07, 6.45) is 3.88. The summed E-state index contributed by atoms with van der Waals surface area (Å²) in [5.41, 5.74) is -0.460. The minimum atomic E-state index is -0.460. The van der Waals surface area contributed by atoms with E-state index in [0.29, 0.717) is 5.94 Å². The summed E-state index contributed by atoms with van der Waals surface area (Å²) in [6.45, 7) is 5.57. The van der Waals surface area contributed by atoms with E-state index in [4.69, 9.17) is 9.47 Å². The van der Waals surface area contributed by atoms with Crippen molar-refractivity contribution in [1.82, 2.24) is 5.32 Å². The minimum absolute atomic E-state index is 0.0470. The van der Waals surface area contributed by atoms with Crippen LogP contribution in [0.15, 0.2) is 0 Å². The molecule has 0 aromatic carbocycles. The lowest BCUT2D eigenvalue weighted by Gasteiger charge is -2.32. The minimum Gasteiger partial charge on any atom is -0.444 e. The van der Waals surface area contributed by atoms with Gasteiger partial charge in [0.2, 0.25) is 0 Å². The fraction of sp³-hybridized carbons (Fsp3) is 0.917. The lowest BCUT2D eigenvalue weighted by molar-refractivity contribution is 0.0166. The summed E-state index contributed by atoms with van der Waals surface area (Å²) < 4.78 is 10.8. The van der Waals surface area contributed by atoms with Gasteiger partial charge < -0.3 is 14.8 Å². The molecule has 0 radical (unpaired) electrons. The monoisotopic (exact) mass is 261 g/mol. The van der Waals surface area contributed by atoms with Gasteiger partial charge >= 0.3 is 6.09 Å². The first-order valence-corrected chi connectivity index (χ1v) is 6.77. The molecule has 1 N–H and O–H groups in total. The highest BCUT2D eigenvalue weighted by Crippen LogP contribution is 2.22. The molecule has 100 valence electrons. The molecule has 5 heteroatoms. The van der Waals surface area contributed by atoms with E-state index < -0.39 is 5.60 Å². The summed E-state index contributed by atoms with van der Waals surface area (Å²) in [4.78, 5) is 11.7. The van der Waals surface area contributed by atoms with Crippen molar-refractivity contribution in [2.75, 3.05) is 5.94 Å². The number of nitrogens with one attached hydrogen (secondary N) is 1. The number of thiol groups is 1. The Morgan fingerprint density at radius 2 is 2.00 bits per heavy atom. The van der Waals surface area contributed by atoms with Crippen LogP contribution in [0.4, 0.5) is 4.79 Å². The number of ether oxygens (including phenoxy) is 2. The molecule has 1 fully saturated rings. The normalized spacial score (nSPS) is 25.4. The average molecular weight is 261 g/mol. The highest BCUT2D eigenvalue weighted by molar-refractivity contribution is 7.80. The van der Waals surface area contributed by atoms with E-state index >= 15 is 0 Å². The zero-order valence-corrected chi connectivity index (χ0v) is 11.8. The maximum atomic E-state index is 11.7. The number of alkyl carbamates (subject to hydrolysis) is 1. The van der Waals surface area contributed by atoms with Gasteiger partial charge in [0.25, 0.3) is 0 Å². The van der Waals surface area contributed by atoms with Crippen molar-refractivity contribution in [1.29, 1.82) is 0 Å². The molecule has 1 rings (SSSR count). The molecule has 4 nitrogen and oxygen atoms in total. The molecular formula is C12H23NO3S. The number of amides is 1. The maximum Gasteiger partial charge on any atom is 0.407 e. The first-order chi connectivity index (χ1) is 7.92. The van der Waals surface area contributed by atoms with Crippen LogP contribution in [0.5, 0.6) is 0 Å². The zero-order chi connectivity index (χ0) is 12.9. The van der Waals surface area contributed by atoms with Gasteiger partial charge in [-0.25, -0.2) is 4.79 Å². The topological polar surface area (TPSA) is 47.6 Å². The Morgan fingerprint density at radius 1 is 1.35 bits per heavy atom. The molecule has 2 atom stereocenters. The predicted octanol–water partition coefficient (Wildman–Crippen LogP) is 2.73. The third-order valence-corrected chi connectivity index (χ3v) is 2.84. The van der Waals surface area contributed by atoms with Crippen LogP contribution in [0, 0.1) is 0 Å². The molecule has 1 saturated carbocycles. The molecular weight excluding hydrogens is 238 g/mol. The molecule has 1 amide bonds. The first kappa shape index (κ1) is 14.6. The van der Waals surface area contributed by atoms with Gasteiger partial charge in [0.15, 0.2) is 0 Å². The number of rotatable bonds is 3. The van der Waals surface area contributed by atoms with Gasteiger partial charge in [-0.1, -0.05) is 12.8 Å². The van der Waals surface area contributed by atoms with Crippen molar-refractivity contribution >= 4 is 18.7 Å². The van der Waals surface area contributed by atoms with Gasteiger partial charge in [-0.05, 0) is 33.6 Å². The Bertz CT molecular complexity index is 251. The first-order valence-electron chi connectivity index (χ1n) is 6.14. The van der Waals surface area contributed by atoms with Crippen molar-refractivity contribution < 1.29 is 14.3 Å². The standard InChI is InChI=1S/C12H23NO3S/c1-12(2,3)16-11(14)13-9-6-4-5-7-10(9)15-8-17/h9-10,17H,4-8H2,1-3H3,(H,13,14)/t9-,10?/m1/s1. The summed E-state index contributed by atoms with van der Waals surface area (Å²) in [5, 5.41) is 2.89. The Kier molecular flexibility index (Phi) is 5.59. The van der Waals surface area contributed by atoms with Crippen molar-refractivity contribution in [2.24, 2.45) is 0 Å². The van der Waals surface area contributed by atoms with Crippen LogP contribution in [0.25, 0.3) is 0 Å². The maximum absolute atomic E-state index is 11.7. The molecule has 0 spiro atoms. The van der Waals surface area contributed by atoms with Crippen molar-refractivity contribution in [2.45, 2.75) is 64.2 Å². The predicted molar refractivity (Wildman–Crippen MR) is 70.4 cm³/mol. The van der Waals surface area contributed by atoms with Crippen LogP contribution in [0.2, 0.25) is 0 Å². The van der Waals surface area contributed by atoms with Crippen molar-refractivity contribution in [3.8, 4) is 0 Å². The number of hydrogen-bond acceptors (Lipinski definition) is 4. The smallest absolute Gasteiger partial charge is 0.407 e. The second-order valence-corrected chi connectivity index (χ2v) is 5.63. The van der Waals surface area contributed by atoms with Gasteiger partial charge in [0.05, 0.1) is 18.1 Å². The van der Waals surface area contributed by atoms with Crippen molar-refractivity contribution in [3.05, 3.63) is 0 Å². The quantitative estimate of drug-likeness (QED) is 0.606. The summed E-state index contributed by atoms with van der Waals surface area (Å²) >= 11 is 4.06. The van der Waals surface area contributed by atoms with E-state index in [9.17, 15) is 4.79 Å². The lowest BCUT2D eigenvalue weighted by Crippen LogP contribution is -2.47.